The second-order valence-electron chi connectivity index (χ2n) is 10.2. The van der Waals surface area contributed by atoms with E-state index in [0.29, 0.717) is 27.9 Å². The summed E-state index contributed by atoms with van der Waals surface area (Å²) in [5.41, 5.74) is 7.33. The van der Waals surface area contributed by atoms with Crippen LogP contribution in [0.15, 0.2) is 42.5 Å². The topological polar surface area (TPSA) is 114 Å². The van der Waals surface area contributed by atoms with Crippen molar-refractivity contribution in [3.05, 3.63) is 75.1 Å². The van der Waals surface area contributed by atoms with Crippen LogP contribution in [-0.2, 0) is 6.42 Å². The van der Waals surface area contributed by atoms with Gasteiger partial charge >= 0.3 is 0 Å². The highest BCUT2D eigenvalue weighted by Gasteiger charge is 2.28. The molecule has 216 valence electrons. The van der Waals surface area contributed by atoms with Gasteiger partial charge in [0.25, 0.3) is 11.8 Å². The third kappa shape index (κ3) is 6.89. The van der Waals surface area contributed by atoms with Crippen LogP contribution < -0.4 is 15.8 Å². The van der Waals surface area contributed by atoms with E-state index in [-0.39, 0.29) is 41.2 Å². The molecule has 41 heavy (non-hydrogen) atoms. The number of anilines is 2. The fraction of sp³-hybridized carbons (Fsp3) is 0.379. The van der Waals surface area contributed by atoms with Crippen LogP contribution in [-0.4, -0.2) is 70.6 Å². The molecule has 3 aromatic rings. The number of piperidine rings is 1. The SMILES string of the molecule is Nc1nnc(C(=O)Nc2ccc(C(=O)N3CCC(N4CCCC4)CC3)cc2)cc1OCCc1c(Cl)ccc(F)c1Cl. The van der Waals surface area contributed by atoms with Crippen molar-refractivity contribution in [2.24, 2.45) is 0 Å². The van der Waals surface area contributed by atoms with Gasteiger partial charge in [0.2, 0.25) is 0 Å². The molecule has 12 heteroatoms. The zero-order chi connectivity index (χ0) is 28.9. The highest BCUT2D eigenvalue weighted by molar-refractivity contribution is 6.36. The molecule has 2 fully saturated rings. The zero-order valence-electron chi connectivity index (χ0n) is 22.4. The van der Waals surface area contributed by atoms with E-state index in [0.717, 1.165) is 25.9 Å². The van der Waals surface area contributed by atoms with E-state index in [9.17, 15) is 14.0 Å². The molecule has 0 radical (unpaired) electrons. The molecule has 5 rings (SSSR count). The standard InChI is InChI=1S/C29H31Cl2FN6O3/c30-22-7-8-23(32)26(31)21(22)11-16-41-25-17-24(35-36-27(25)33)28(39)34-19-5-3-18(4-6-19)29(40)38-14-9-20(10-15-38)37-12-1-2-13-37/h3-8,17,20H,1-2,9-16H2,(H2,33,36)(H,34,39). The number of likely N-dealkylation sites (tertiary alicyclic amines) is 2. The molecule has 2 amide bonds. The van der Waals surface area contributed by atoms with Crippen LogP contribution in [0.2, 0.25) is 10.0 Å². The van der Waals surface area contributed by atoms with Crippen LogP contribution in [0.3, 0.4) is 0 Å². The Balaban J connectivity index is 1.15. The number of nitrogens with two attached hydrogens (primary N) is 1. The smallest absolute Gasteiger partial charge is 0.276 e. The molecule has 9 nitrogen and oxygen atoms in total. The molecule has 2 saturated heterocycles. The molecule has 1 aromatic heterocycles. The maximum atomic E-state index is 13.8. The summed E-state index contributed by atoms with van der Waals surface area (Å²) < 4.78 is 19.4. The maximum absolute atomic E-state index is 13.8. The van der Waals surface area contributed by atoms with E-state index >= 15 is 0 Å². The van der Waals surface area contributed by atoms with Gasteiger partial charge in [-0.05, 0) is 80.7 Å². The molecule has 0 spiro atoms. The van der Waals surface area contributed by atoms with E-state index in [1.54, 1.807) is 24.3 Å². The molecule has 3 N–H and O–H groups in total. The van der Waals surface area contributed by atoms with Gasteiger partial charge in [0.1, 0.15) is 5.82 Å². The highest BCUT2D eigenvalue weighted by atomic mass is 35.5. The minimum absolute atomic E-state index is 0.00486. The van der Waals surface area contributed by atoms with Gasteiger partial charge in [-0.1, -0.05) is 23.2 Å². The third-order valence-corrected chi connectivity index (χ3v) is 8.33. The van der Waals surface area contributed by atoms with Crippen molar-refractivity contribution in [2.75, 3.05) is 43.8 Å². The van der Waals surface area contributed by atoms with Crippen LogP contribution in [0.1, 0.15) is 52.1 Å². The van der Waals surface area contributed by atoms with Crippen LogP contribution in [0.5, 0.6) is 5.75 Å². The van der Waals surface area contributed by atoms with Crippen LogP contribution in [0, 0.1) is 5.82 Å². The molecule has 0 unspecified atom stereocenters. The van der Waals surface area contributed by atoms with Gasteiger partial charge in [-0.3, -0.25) is 9.59 Å². The number of carbonyl (C=O) groups is 2. The Hall–Kier alpha value is -3.47. The van der Waals surface area contributed by atoms with Crippen molar-refractivity contribution >= 4 is 46.5 Å². The number of benzene rings is 2. The number of aromatic nitrogens is 2. The summed E-state index contributed by atoms with van der Waals surface area (Å²) >= 11 is 12.1. The second-order valence-corrected chi connectivity index (χ2v) is 11.0. The maximum Gasteiger partial charge on any atom is 0.276 e. The molecule has 2 aromatic carbocycles. The van der Waals surface area contributed by atoms with Gasteiger partial charge in [-0.2, -0.15) is 0 Å². The first-order valence-electron chi connectivity index (χ1n) is 13.6. The van der Waals surface area contributed by atoms with Crippen molar-refractivity contribution < 1.29 is 18.7 Å². The Bertz CT molecular complexity index is 1410. The van der Waals surface area contributed by atoms with Crippen LogP contribution in [0.25, 0.3) is 0 Å². The Labute approximate surface area is 247 Å². The summed E-state index contributed by atoms with van der Waals surface area (Å²) in [4.78, 5) is 30.3. The molecule has 2 aliphatic heterocycles. The Morgan fingerprint density at radius 3 is 2.44 bits per heavy atom. The Kier molecular flexibility index (Phi) is 9.22. The minimum Gasteiger partial charge on any atom is -0.489 e. The van der Waals surface area contributed by atoms with E-state index in [2.05, 4.69) is 20.4 Å². The lowest BCUT2D eigenvalue weighted by Gasteiger charge is -2.36. The number of nitrogens with zero attached hydrogens (tertiary/aromatic N) is 4. The Morgan fingerprint density at radius 2 is 1.73 bits per heavy atom. The number of rotatable bonds is 8. The largest absolute Gasteiger partial charge is 0.489 e. The van der Waals surface area contributed by atoms with Gasteiger partial charge in [0.15, 0.2) is 17.3 Å². The molecule has 0 aliphatic carbocycles. The minimum atomic E-state index is -0.579. The molecular formula is C29H31Cl2FN6O3. The number of hydrogen-bond donors (Lipinski definition) is 2. The second kappa shape index (κ2) is 13.0. The summed E-state index contributed by atoms with van der Waals surface area (Å²) in [5, 5.41) is 10.7. The zero-order valence-corrected chi connectivity index (χ0v) is 23.9. The lowest BCUT2D eigenvalue weighted by molar-refractivity contribution is 0.0644. The summed E-state index contributed by atoms with van der Waals surface area (Å²) in [6.07, 6.45) is 4.75. The van der Waals surface area contributed by atoms with E-state index < -0.39 is 11.7 Å². The number of ether oxygens (including phenoxy) is 1. The van der Waals surface area contributed by atoms with Crippen LogP contribution in [0.4, 0.5) is 15.9 Å². The summed E-state index contributed by atoms with van der Waals surface area (Å²) in [7, 11) is 0. The number of nitrogens with one attached hydrogen (secondary N) is 1. The first kappa shape index (κ1) is 29.0. The van der Waals surface area contributed by atoms with Gasteiger partial charge in [-0.25, -0.2) is 4.39 Å². The molecule has 0 bridgehead atoms. The fourth-order valence-electron chi connectivity index (χ4n) is 5.29. The van der Waals surface area contributed by atoms with Crippen molar-refractivity contribution in [2.45, 2.75) is 38.1 Å². The predicted molar refractivity (Wildman–Crippen MR) is 156 cm³/mol. The van der Waals surface area contributed by atoms with Gasteiger partial charge < -0.3 is 25.6 Å². The predicted octanol–water partition coefficient (Wildman–Crippen LogP) is 5.08. The monoisotopic (exact) mass is 600 g/mol. The first-order valence-corrected chi connectivity index (χ1v) is 14.4. The van der Waals surface area contributed by atoms with Crippen molar-refractivity contribution in [3.63, 3.8) is 0 Å². The number of halogens is 3. The third-order valence-electron chi connectivity index (χ3n) is 7.57. The highest BCUT2D eigenvalue weighted by Crippen LogP contribution is 2.28. The van der Waals surface area contributed by atoms with Crippen molar-refractivity contribution in [1.29, 1.82) is 0 Å². The molecule has 3 heterocycles. The van der Waals surface area contributed by atoms with Crippen molar-refractivity contribution in [1.82, 2.24) is 20.0 Å². The number of amides is 2. The van der Waals surface area contributed by atoms with Gasteiger partial charge in [0.05, 0.1) is 11.6 Å². The summed E-state index contributed by atoms with van der Waals surface area (Å²) in [6.45, 7) is 3.90. The Morgan fingerprint density at radius 1 is 1.02 bits per heavy atom. The average molecular weight is 602 g/mol. The van der Waals surface area contributed by atoms with Gasteiger partial charge in [0, 0.05) is 47.9 Å². The summed E-state index contributed by atoms with van der Waals surface area (Å²) in [6, 6.07) is 11.3. The molecular weight excluding hydrogens is 570 g/mol. The van der Waals surface area contributed by atoms with Crippen molar-refractivity contribution in [3.8, 4) is 5.75 Å². The average Bonchev–Trinajstić information content (AvgIpc) is 3.53. The quantitative estimate of drug-likeness (QED) is 0.347. The molecule has 0 saturated carbocycles. The number of nitrogen functional groups attached to an aromatic ring is 1. The fourth-order valence-corrected chi connectivity index (χ4v) is 5.85. The molecule has 0 atom stereocenters. The lowest BCUT2D eigenvalue weighted by Crippen LogP contribution is -2.45. The normalized spacial score (nSPS) is 16.1. The van der Waals surface area contributed by atoms with Gasteiger partial charge in [-0.15, -0.1) is 10.2 Å². The number of hydrogen-bond acceptors (Lipinski definition) is 7. The summed E-state index contributed by atoms with van der Waals surface area (Å²) in [5.74, 6) is -0.977. The van der Waals surface area contributed by atoms with E-state index in [1.807, 2.05) is 4.90 Å². The van der Waals surface area contributed by atoms with Crippen LogP contribution >= 0.6 is 23.2 Å². The van der Waals surface area contributed by atoms with E-state index in [4.69, 9.17) is 33.7 Å². The number of carbonyl (C=O) groups excluding carboxylic acids is 2. The first-order chi connectivity index (χ1) is 19.8. The molecule has 2 aliphatic rings. The van der Waals surface area contributed by atoms with E-state index in [1.165, 1.54) is 44.1 Å². The lowest BCUT2D eigenvalue weighted by atomic mass is 10.0.